The van der Waals surface area contributed by atoms with Crippen molar-refractivity contribution in [1.82, 2.24) is 0 Å². The monoisotopic (exact) mass is 1020 g/mol. The van der Waals surface area contributed by atoms with E-state index < -0.39 is 17.6 Å². The van der Waals surface area contributed by atoms with E-state index in [4.69, 9.17) is 83.4 Å². The molecule has 0 aromatic heterocycles. The molecule has 0 saturated carbocycles. The molecule has 0 aromatic rings. The highest BCUT2D eigenvalue weighted by Gasteiger charge is 2.49. The standard InChI is InChI=1S/C47H98O19Si2/c1-9-46(67(61-39-33-55-27-21-49-3,62-40-34-56-28-22-50-4)63-41-35-57-29-23-51-5)19-15-11-13-17-45(48)18-14-12-16-20-47(10-2)68(64-42-36-58-30-24-52-6,65-43-37-59-31-25-53-7)66-44-38-60-32-26-54-8/h46-47H,9-44H2,1-8H3. The summed E-state index contributed by atoms with van der Waals surface area (Å²) in [4.78, 5) is 13.1. The van der Waals surface area contributed by atoms with Crippen molar-refractivity contribution >= 4 is 23.4 Å². The van der Waals surface area contributed by atoms with E-state index >= 15 is 0 Å². The third-order valence-electron chi connectivity index (χ3n) is 10.8. The molecule has 0 bridgehead atoms. The lowest BCUT2D eigenvalue weighted by molar-refractivity contribution is -0.119. The van der Waals surface area contributed by atoms with Crippen LogP contribution in [0, 0.1) is 0 Å². The molecular formula is C47H98O19Si2. The average Bonchev–Trinajstić information content (AvgIpc) is 3.34. The summed E-state index contributed by atoms with van der Waals surface area (Å²) in [6.45, 7) is 14.5. The van der Waals surface area contributed by atoms with Crippen molar-refractivity contribution in [3.05, 3.63) is 0 Å². The van der Waals surface area contributed by atoms with Crippen LogP contribution in [0.3, 0.4) is 0 Å². The molecule has 19 nitrogen and oxygen atoms in total. The Kier molecular flexibility index (Phi) is 50.8. The van der Waals surface area contributed by atoms with Gasteiger partial charge in [0.05, 0.1) is 159 Å². The van der Waals surface area contributed by atoms with Gasteiger partial charge in [-0.3, -0.25) is 4.79 Å². The number of unbranched alkanes of at least 4 members (excludes halogenated alkanes) is 4. The minimum atomic E-state index is -3.25. The van der Waals surface area contributed by atoms with Crippen LogP contribution in [0.1, 0.15) is 90.9 Å². The third-order valence-corrected chi connectivity index (χ3v) is 17.8. The second-order valence-electron chi connectivity index (χ2n) is 15.9. The summed E-state index contributed by atoms with van der Waals surface area (Å²) in [6.07, 6.45) is 9.79. The van der Waals surface area contributed by atoms with Gasteiger partial charge in [0.1, 0.15) is 5.78 Å². The number of ketones is 1. The van der Waals surface area contributed by atoms with Crippen LogP contribution in [0.4, 0.5) is 0 Å². The number of rotatable bonds is 58. The Balaban J connectivity index is 5.45. The number of ether oxygens (including phenoxy) is 12. The van der Waals surface area contributed by atoms with Crippen molar-refractivity contribution in [3.63, 3.8) is 0 Å². The van der Waals surface area contributed by atoms with Crippen LogP contribution in [0.5, 0.6) is 0 Å². The Labute approximate surface area is 413 Å². The van der Waals surface area contributed by atoms with Gasteiger partial charge in [0.15, 0.2) is 0 Å². The molecule has 408 valence electrons. The Bertz CT molecular complexity index is 885. The maximum Gasteiger partial charge on any atom is 0.504 e. The first-order valence-corrected chi connectivity index (χ1v) is 28.7. The number of Topliss-reactive ketones (excluding diaryl/α,β-unsaturated/α-hetero) is 1. The molecule has 0 N–H and O–H groups in total. The number of hydrogen-bond donors (Lipinski definition) is 0. The molecule has 0 aliphatic rings. The molecule has 68 heavy (non-hydrogen) atoms. The van der Waals surface area contributed by atoms with E-state index in [1.807, 2.05) is 0 Å². The molecule has 0 aromatic carbocycles. The van der Waals surface area contributed by atoms with Crippen molar-refractivity contribution in [2.24, 2.45) is 0 Å². The molecule has 2 unspecified atom stereocenters. The highest BCUT2D eigenvalue weighted by Crippen LogP contribution is 2.36. The van der Waals surface area contributed by atoms with Gasteiger partial charge < -0.3 is 83.4 Å². The zero-order valence-electron chi connectivity index (χ0n) is 43.9. The summed E-state index contributed by atoms with van der Waals surface area (Å²) in [6, 6.07) is 0. The van der Waals surface area contributed by atoms with Gasteiger partial charge in [0.25, 0.3) is 0 Å². The summed E-state index contributed by atoms with van der Waals surface area (Å²) in [5.74, 6) is 0.298. The molecule has 0 radical (unpaired) electrons. The second kappa shape index (κ2) is 51.3. The maximum atomic E-state index is 13.1. The predicted octanol–water partition coefficient (Wildman–Crippen LogP) is 5.97. The van der Waals surface area contributed by atoms with Crippen molar-refractivity contribution < 1.29 is 88.2 Å². The van der Waals surface area contributed by atoms with Crippen LogP contribution >= 0.6 is 0 Å². The van der Waals surface area contributed by atoms with E-state index in [1.165, 1.54) is 0 Å². The normalized spacial score (nSPS) is 13.2. The van der Waals surface area contributed by atoms with E-state index in [-0.39, 0.29) is 11.1 Å². The molecule has 0 aliphatic carbocycles. The maximum absolute atomic E-state index is 13.1. The van der Waals surface area contributed by atoms with Crippen LogP contribution < -0.4 is 0 Å². The molecule has 0 spiro atoms. The first-order chi connectivity index (χ1) is 33.4. The summed E-state index contributed by atoms with van der Waals surface area (Å²) in [5, 5.41) is 0. The van der Waals surface area contributed by atoms with Crippen molar-refractivity contribution in [3.8, 4) is 0 Å². The first kappa shape index (κ1) is 67.4. The minimum Gasteiger partial charge on any atom is -0.382 e. The lowest BCUT2D eigenvalue weighted by Gasteiger charge is -2.36. The van der Waals surface area contributed by atoms with Gasteiger partial charge in [-0.25, -0.2) is 0 Å². The summed E-state index contributed by atoms with van der Waals surface area (Å²) in [5.41, 5.74) is 0.0884. The van der Waals surface area contributed by atoms with Crippen LogP contribution in [-0.4, -0.2) is 225 Å². The summed E-state index contributed by atoms with van der Waals surface area (Å²) >= 11 is 0. The van der Waals surface area contributed by atoms with Gasteiger partial charge in [-0.15, -0.1) is 0 Å². The number of carbonyl (C=O) groups is 1. The number of hydrogen-bond acceptors (Lipinski definition) is 19. The van der Waals surface area contributed by atoms with Crippen LogP contribution in [0.25, 0.3) is 0 Å². The molecule has 0 fully saturated rings. The first-order valence-electron chi connectivity index (χ1n) is 25.1. The van der Waals surface area contributed by atoms with Gasteiger partial charge in [0, 0.05) is 66.6 Å². The fourth-order valence-corrected chi connectivity index (χ4v) is 13.3. The fourth-order valence-electron chi connectivity index (χ4n) is 7.05. The highest BCUT2D eigenvalue weighted by atomic mass is 28.4. The Hall–Kier alpha value is -0.616. The molecule has 2 atom stereocenters. The van der Waals surface area contributed by atoms with Crippen molar-refractivity contribution in [2.45, 2.75) is 102 Å². The van der Waals surface area contributed by atoms with Crippen LogP contribution in [-0.2, 0) is 88.2 Å². The zero-order chi connectivity index (χ0) is 49.9. The molecule has 21 heteroatoms. The van der Waals surface area contributed by atoms with Crippen LogP contribution in [0.15, 0.2) is 0 Å². The average molecular weight is 1020 g/mol. The molecule has 0 amide bonds. The number of carbonyl (C=O) groups excluding carboxylic acids is 1. The summed E-state index contributed by atoms with van der Waals surface area (Å²) in [7, 11) is 3.37. The largest absolute Gasteiger partial charge is 0.504 e. The van der Waals surface area contributed by atoms with Gasteiger partial charge in [-0.2, -0.15) is 0 Å². The van der Waals surface area contributed by atoms with Gasteiger partial charge in [0.2, 0.25) is 0 Å². The SMILES string of the molecule is CCC(CCCCCC(=O)CCCCCC(CC)[Si](OCCOCCOC)(OCCOCCOC)OCCOCCOC)[Si](OCCOCCOC)(OCCOCCOC)OCCOCCOC. The van der Waals surface area contributed by atoms with Gasteiger partial charge in [-0.1, -0.05) is 39.5 Å². The fraction of sp³-hybridized carbons (Fsp3) is 0.979. The molecule has 0 saturated heterocycles. The predicted molar refractivity (Wildman–Crippen MR) is 263 cm³/mol. The van der Waals surface area contributed by atoms with Crippen LogP contribution in [0.2, 0.25) is 11.1 Å². The van der Waals surface area contributed by atoms with Crippen molar-refractivity contribution in [2.75, 3.05) is 201 Å². The minimum absolute atomic E-state index is 0.0442. The molecule has 0 rings (SSSR count). The highest BCUT2D eigenvalue weighted by molar-refractivity contribution is 6.62. The molecule has 0 heterocycles. The lowest BCUT2D eigenvalue weighted by atomic mass is 10.0. The summed E-state index contributed by atoms with van der Waals surface area (Å²) < 4.78 is 105. The van der Waals surface area contributed by atoms with E-state index in [2.05, 4.69) is 13.8 Å². The van der Waals surface area contributed by atoms with Crippen molar-refractivity contribution in [1.29, 1.82) is 0 Å². The zero-order valence-corrected chi connectivity index (χ0v) is 45.9. The number of methoxy groups -OCH3 is 6. The van der Waals surface area contributed by atoms with E-state index in [0.717, 1.165) is 64.2 Å². The smallest absolute Gasteiger partial charge is 0.382 e. The van der Waals surface area contributed by atoms with E-state index in [1.54, 1.807) is 42.7 Å². The lowest BCUT2D eigenvalue weighted by Crippen LogP contribution is -2.52. The molecular weight excluding hydrogens is 925 g/mol. The third kappa shape index (κ3) is 37.2. The Morgan fingerprint density at radius 2 is 0.529 bits per heavy atom. The quantitative estimate of drug-likeness (QED) is 0.0512. The topological polar surface area (TPSA) is 183 Å². The molecule has 0 aliphatic heterocycles. The van der Waals surface area contributed by atoms with E-state index in [0.29, 0.717) is 177 Å². The van der Waals surface area contributed by atoms with E-state index in [9.17, 15) is 4.79 Å². The Morgan fingerprint density at radius 3 is 0.735 bits per heavy atom. The van der Waals surface area contributed by atoms with Gasteiger partial charge in [-0.05, 0) is 38.5 Å². The van der Waals surface area contributed by atoms with Gasteiger partial charge >= 0.3 is 17.6 Å². The second-order valence-corrected chi connectivity index (χ2v) is 21.7. The Morgan fingerprint density at radius 1 is 0.309 bits per heavy atom.